The van der Waals surface area contributed by atoms with Gasteiger partial charge in [0.1, 0.15) is 0 Å². The molecule has 2 rings (SSSR count). The van der Waals surface area contributed by atoms with E-state index < -0.39 is 11.7 Å². The molecule has 0 spiro atoms. The Morgan fingerprint density at radius 3 is 2.19 bits per heavy atom. The van der Waals surface area contributed by atoms with E-state index in [4.69, 9.17) is 0 Å². The molecule has 0 saturated carbocycles. The minimum Gasteiger partial charge on any atom is -0.316 e. The summed E-state index contributed by atoms with van der Waals surface area (Å²) in [6.07, 6.45) is -4.30. The molecular weight excluding hydrogens is 275 g/mol. The summed E-state index contributed by atoms with van der Waals surface area (Å²) in [7, 11) is 1.86. The SMILES string of the molecule is CNCc1ccc(C)c(-c2ccc(C(F)(F)F)cc2C)c1. The van der Waals surface area contributed by atoms with E-state index in [9.17, 15) is 13.2 Å². The first-order chi connectivity index (χ1) is 9.82. The number of halogens is 3. The van der Waals surface area contributed by atoms with Gasteiger partial charge in [-0.15, -0.1) is 0 Å². The van der Waals surface area contributed by atoms with Gasteiger partial charge in [0.2, 0.25) is 0 Å². The number of benzene rings is 2. The van der Waals surface area contributed by atoms with Crippen molar-refractivity contribution in [3.05, 3.63) is 58.7 Å². The largest absolute Gasteiger partial charge is 0.416 e. The summed E-state index contributed by atoms with van der Waals surface area (Å²) in [6, 6.07) is 9.96. The molecule has 4 heteroatoms. The van der Waals surface area contributed by atoms with Crippen LogP contribution in [0.15, 0.2) is 36.4 Å². The Balaban J connectivity index is 2.49. The van der Waals surface area contributed by atoms with Gasteiger partial charge in [-0.25, -0.2) is 0 Å². The van der Waals surface area contributed by atoms with Gasteiger partial charge < -0.3 is 5.32 Å². The molecule has 0 aliphatic heterocycles. The molecule has 1 nitrogen and oxygen atoms in total. The summed E-state index contributed by atoms with van der Waals surface area (Å²) in [4.78, 5) is 0. The minimum absolute atomic E-state index is 0.604. The van der Waals surface area contributed by atoms with Gasteiger partial charge in [-0.1, -0.05) is 18.2 Å². The molecule has 0 aliphatic rings. The Hall–Kier alpha value is -1.81. The van der Waals surface area contributed by atoms with Crippen molar-refractivity contribution in [3.63, 3.8) is 0 Å². The lowest BCUT2D eigenvalue weighted by Gasteiger charge is -2.14. The lowest BCUT2D eigenvalue weighted by molar-refractivity contribution is -0.137. The van der Waals surface area contributed by atoms with E-state index in [1.165, 1.54) is 6.07 Å². The van der Waals surface area contributed by atoms with Gasteiger partial charge in [-0.05, 0) is 66.9 Å². The zero-order chi connectivity index (χ0) is 15.6. The maximum absolute atomic E-state index is 12.7. The normalized spacial score (nSPS) is 11.7. The molecule has 0 aromatic heterocycles. The summed E-state index contributed by atoms with van der Waals surface area (Å²) in [5, 5.41) is 3.08. The fraction of sp³-hybridized carbons (Fsp3) is 0.294. The van der Waals surface area contributed by atoms with Crippen LogP contribution in [0.3, 0.4) is 0 Å². The third kappa shape index (κ3) is 3.45. The first kappa shape index (κ1) is 15.6. The Kier molecular flexibility index (Phi) is 4.37. The second-order valence-electron chi connectivity index (χ2n) is 5.21. The van der Waals surface area contributed by atoms with Crippen LogP contribution in [-0.2, 0) is 12.7 Å². The molecule has 0 saturated heterocycles. The van der Waals surface area contributed by atoms with Crippen LogP contribution in [0.25, 0.3) is 11.1 Å². The van der Waals surface area contributed by atoms with Crippen LogP contribution in [-0.4, -0.2) is 7.05 Å². The average Bonchev–Trinajstić information content (AvgIpc) is 2.40. The second-order valence-corrected chi connectivity index (χ2v) is 5.21. The van der Waals surface area contributed by atoms with E-state index >= 15 is 0 Å². The highest BCUT2D eigenvalue weighted by Crippen LogP contribution is 2.34. The average molecular weight is 293 g/mol. The van der Waals surface area contributed by atoms with Crippen LogP contribution < -0.4 is 5.32 Å². The van der Waals surface area contributed by atoms with Gasteiger partial charge in [-0.2, -0.15) is 13.2 Å². The fourth-order valence-electron chi connectivity index (χ4n) is 2.42. The van der Waals surface area contributed by atoms with Crippen LogP contribution >= 0.6 is 0 Å². The van der Waals surface area contributed by atoms with Crippen LogP contribution in [0.5, 0.6) is 0 Å². The summed E-state index contributed by atoms with van der Waals surface area (Å²) in [5.41, 5.74) is 4.02. The molecule has 21 heavy (non-hydrogen) atoms. The van der Waals surface area contributed by atoms with Crippen molar-refractivity contribution in [1.29, 1.82) is 0 Å². The van der Waals surface area contributed by atoms with Crippen LogP contribution in [0.2, 0.25) is 0 Å². The highest BCUT2D eigenvalue weighted by Gasteiger charge is 2.30. The zero-order valence-electron chi connectivity index (χ0n) is 12.3. The van der Waals surface area contributed by atoms with Gasteiger partial charge >= 0.3 is 6.18 Å². The standard InChI is InChI=1S/C17H18F3N/c1-11-4-5-13(10-21-3)9-16(11)15-7-6-14(8-12(15)2)17(18,19)20/h4-9,21H,10H2,1-3H3. The Morgan fingerprint density at radius 1 is 0.905 bits per heavy atom. The number of nitrogens with one attached hydrogen (secondary N) is 1. The molecular formula is C17H18F3N. The van der Waals surface area contributed by atoms with Crippen molar-refractivity contribution in [1.82, 2.24) is 5.32 Å². The molecule has 0 amide bonds. The summed E-state index contributed by atoms with van der Waals surface area (Å²) in [6.45, 7) is 4.41. The predicted molar refractivity (Wildman–Crippen MR) is 79.1 cm³/mol. The lowest BCUT2D eigenvalue weighted by Crippen LogP contribution is -2.06. The summed E-state index contributed by atoms with van der Waals surface area (Å²) >= 11 is 0. The minimum atomic E-state index is -4.30. The molecule has 0 aliphatic carbocycles. The maximum atomic E-state index is 12.7. The highest BCUT2D eigenvalue weighted by atomic mass is 19.4. The second kappa shape index (κ2) is 5.90. The number of aryl methyl sites for hydroxylation is 2. The molecule has 0 unspecified atom stereocenters. The maximum Gasteiger partial charge on any atom is 0.416 e. The van der Waals surface area contributed by atoms with E-state index in [0.717, 1.165) is 34.9 Å². The molecule has 0 heterocycles. The van der Waals surface area contributed by atoms with Crippen molar-refractivity contribution in [3.8, 4) is 11.1 Å². The highest BCUT2D eigenvalue weighted by molar-refractivity contribution is 5.71. The first-order valence-corrected chi connectivity index (χ1v) is 6.75. The van der Waals surface area contributed by atoms with E-state index in [1.807, 2.05) is 32.2 Å². The van der Waals surface area contributed by atoms with Crippen LogP contribution in [0.4, 0.5) is 13.2 Å². The van der Waals surface area contributed by atoms with Gasteiger partial charge in [-0.3, -0.25) is 0 Å². The molecule has 0 bridgehead atoms. The topological polar surface area (TPSA) is 12.0 Å². The van der Waals surface area contributed by atoms with E-state index in [1.54, 1.807) is 13.0 Å². The van der Waals surface area contributed by atoms with Crippen molar-refractivity contribution >= 4 is 0 Å². The number of alkyl halides is 3. The number of rotatable bonds is 3. The molecule has 0 fully saturated rings. The van der Waals surface area contributed by atoms with Gasteiger partial charge in [0, 0.05) is 6.54 Å². The quantitative estimate of drug-likeness (QED) is 0.864. The van der Waals surface area contributed by atoms with E-state index in [0.29, 0.717) is 5.56 Å². The third-order valence-corrected chi connectivity index (χ3v) is 3.53. The first-order valence-electron chi connectivity index (χ1n) is 6.75. The third-order valence-electron chi connectivity index (χ3n) is 3.53. The number of hydrogen-bond acceptors (Lipinski definition) is 1. The monoisotopic (exact) mass is 293 g/mol. The van der Waals surface area contributed by atoms with Gasteiger partial charge in [0.05, 0.1) is 5.56 Å². The predicted octanol–water partition coefficient (Wildman–Crippen LogP) is 4.71. The zero-order valence-corrected chi connectivity index (χ0v) is 12.3. The van der Waals surface area contributed by atoms with E-state index in [-0.39, 0.29) is 0 Å². The smallest absolute Gasteiger partial charge is 0.316 e. The summed E-state index contributed by atoms with van der Waals surface area (Å²) in [5.74, 6) is 0. The van der Waals surface area contributed by atoms with E-state index in [2.05, 4.69) is 5.32 Å². The molecule has 112 valence electrons. The molecule has 0 radical (unpaired) electrons. The molecule has 1 N–H and O–H groups in total. The lowest BCUT2D eigenvalue weighted by atomic mass is 9.93. The van der Waals surface area contributed by atoms with Crippen molar-refractivity contribution in [2.45, 2.75) is 26.6 Å². The number of hydrogen-bond donors (Lipinski definition) is 1. The van der Waals surface area contributed by atoms with Gasteiger partial charge in [0.25, 0.3) is 0 Å². The molecule has 2 aromatic carbocycles. The molecule has 2 aromatic rings. The Bertz CT molecular complexity index is 645. The fourth-order valence-corrected chi connectivity index (χ4v) is 2.42. The molecule has 0 atom stereocenters. The Labute approximate surface area is 122 Å². The van der Waals surface area contributed by atoms with Crippen molar-refractivity contribution < 1.29 is 13.2 Å². The van der Waals surface area contributed by atoms with Crippen LogP contribution in [0, 0.1) is 13.8 Å². The summed E-state index contributed by atoms with van der Waals surface area (Å²) < 4.78 is 38.2. The van der Waals surface area contributed by atoms with Crippen molar-refractivity contribution in [2.24, 2.45) is 0 Å². The van der Waals surface area contributed by atoms with Crippen molar-refractivity contribution in [2.75, 3.05) is 7.05 Å². The van der Waals surface area contributed by atoms with Gasteiger partial charge in [0.15, 0.2) is 0 Å². The van der Waals surface area contributed by atoms with Crippen LogP contribution in [0.1, 0.15) is 22.3 Å². The Morgan fingerprint density at radius 2 is 1.62 bits per heavy atom.